The minimum atomic E-state index is -0.208. The molecule has 2 aromatic heterocycles. The Kier molecular flexibility index (Phi) is 5.99. The number of anilines is 1. The van der Waals surface area contributed by atoms with Crippen molar-refractivity contribution in [1.29, 1.82) is 0 Å². The molecule has 0 aliphatic heterocycles. The van der Waals surface area contributed by atoms with Crippen molar-refractivity contribution in [3.63, 3.8) is 0 Å². The molecule has 0 aliphatic carbocycles. The zero-order valence-electron chi connectivity index (χ0n) is 16.5. The van der Waals surface area contributed by atoms with Crippen LogP contribution in [0.25, 0.3) is 6.08 Å². The lowest BCUT2D eigenvalue weighted by molar-refractivity contribution is -0.111. The van der Waals surface area contributed by atoms with Gasteiger partial charge in [-0.05, 0) is 45.4 Å². The van der Waals surface area contributed by atoms with Crippen molar-refractivity contribution in [2.24, 2.45) is 0 Å². The first kappa shape index (κ1) is 19.9. The van der Waals surface area contributed by atoms with Crippen LogP contribution in [-0.4, -0.2) is 25.5 Å². The van der Waals surface area contributed by atoms with Crippen molar-refractivity contribution in [3.05, 3.63) is 70.1 Å². The van der Waals surface area contributed by atoms with E-state index in [1.54, 1.807) is 23.0 Å². The van der Waals surface area contributed by atoms with E-state index in [1.165, 1.54) is 6.08 Å². The third kappa shape index (κ3) is 4.34. The molecular weight excluding hydrogens is 374 g/mol. The Labute approximate surface area is 169 Å². The minimum Gasteiger partial charge on any atom is -0.307 e. The Balaban J connectivity index is 1.75. The average molecular weight is 398 g/mol. The van der Waals surface area contributed by atoms with Gasteiger partial charge < -0.3 is 5.32 Å². The Hall–Kier alpha value is -2.86. The molecule has 0 atom stereocenters. The van der Waals surface area contributed by atoms with Gasteiger partial charge in [0.15, 0.2) is 0 Å². The monoisotopic (exact) mass is 397 g/mol. The molecule has 146 valence electrons. The molecule has 3 rings (SSSR count). The number of carbonyl (C=O) groups excluding carboxylic acids is 1. The predicted molar refractivity (Wildman–Crippen MR) is 113 cm³/mol. The summed E-state index contributed by atoms with van der Waals surface area (Å²) < 4.78 is 3.67. The van der Waals surface area contributed by atoms with E-state index in [1.807, 2.05) is 56.6 Å². The number of nitrogens with one attached hydrogen (secondary N) is 1. The van der Waals surface area contributed by atoms with E-state index in [0.29, 0.717) is 17.4 Å². The second-order valence-electron chi connectivity index (χ2n) is 6.91. The summed E-state index contributed by atoms with van der Waals surface area (Å²) in [6.07, 6.45) is 4.99. The fourth-order valence-corrected chi connectivity index (χ4v) is 3.24. The van der Waals surface area contributed by atoms with Gasteiger partial charge in [0, 0.05) is 34.5 Å². The molecule has 0 unspecified atom stereocenters. The van der Waals surface area contributed by atoms with Crippen LogP contribution in [-0.2, 0) is 11.3 Å². The van der Waals surface area contributed by atoms with Crippen LogP contribution in [0.3, 0.4) is 0 Å². The van der Waals surface area contributed by atoms with Gasteiger partial charge in [-0.3, -0.25) is 9.48 Å². The molecule has 6 nitrogen and oxygen atoms in total. The summed E-state index contributed by atoms with van der Waals surface area (Å²) in [6, 6.07) is 9.67. The number of halogens is 1. The quantitative estimate of drug-likeness (QED) is 0.616. The van der Waals surface area contributed by atoms with Gasteiger partial charge in [-0.1, -0.05) is 29.8 Å². The van der Waals surface area contributed by atoms with E-state index < -0.39 is 0 Å². The number of rotatable bonds is 6. The van der Waals surface area contributed by atoms with Gasteiger partial charge in [0.05, 0.1) is 18.4 Å². The van der Waals surface area contributed by atoms with Crippen molar-refractivity contribution in [3.8, 4) is 0 Å². The zero-order chi connectivity index (χ0) is 20.3. The van der Waals surface area contributed by atoms with Crippen LogP contribution in [0, 0.1) is 13.8 Å². The number of hydrogen-bond acceptors (Lipinski definition) is 3. The number of carbonyl (C=O) groups is 1. The molecule has 0 bridgehead atoms. The summed E-state index contributed by atoms with van der Waals surface area (Å²) in [7, 11) is 0. The summed E-state index contributed by atoms with van der Waals surface area (Å²) in [5, 5.41) is 12.4. The molecule has 1 N–H and O–H groups in total. The summed E-state index contributed by atoms with van der Waals surface area (Å²) >= 11 is 6.26. The second kappa shape index (κ2) is 8.44. The number of aryl methyl sites for hydroxylation is 1. The summed E-state index contributed by atoms with van der Waals surface area (Å²) in [4.78, 5) is 12.3. The molecular formula is C21H24ClN5O. The topological polar surface area (TPSA) is 64.7 Å². The molecule has 0 fully saturated rings. The third-order valence-corrected chi connectivity index (χ3v) is 4.90. The van der Waals surface area contributed by atoms with Gasteiger partial charge in [-0.15, -0.1) is 0 Å². The van der Waals surface area contributed by atoms with Crippen LogP contribution in [0.15, 0.2) is 42.6 Å². The lowest BCUT2D eigenvalue weighted by Crippen LogP contribution is -2.14. The smallest absolute Gasteiger partial charge is 0.249 e. The second-order valence-corrected chi connectivity index (χ2v) is 7.32. The van der Waals surface area contributed by atoms with Gasteiger partial charge in [-0.2, -0.15) is 10.2 Å². The van der Waals surface area contributed by atoms with Crippen molar-refractivity contribution < 1.29 is 4.79 Å². The van der Waals surface area contributed by atoms with Crippen molar-refractivity contribution >= 4 is 29.4 Å². The first-order chi connectivity index (χ1) is 13.4. The summed E-state index contributed by atoms with van der Waals surface area (Å²) in [5.41, 5.74) is 3.78. The highest BCUT2D eigenvalue weighted by molar-refractivity contribution is 6.31. The minimum absolute atomic E-state index is 0.168. The van der Waals surface area contributed by atoms with Crippen molar-refractivity contribution in [2.75, 3.05) is 5.32 Å². The van der Waals surface area contributed by atoms with Crippen molar-refractivity contribution in [2.45, 2.75) is 40.3 Å². The highest BCUT2D eigenvalue weighted by Crippen LogP contribution is 2.20. The lowest BCUT2D eigenvalue weighted by atomic mass is 10.1. The molecule has 0 radical (unpaired) electrons. The highest BCUT2D eigenvalue weighted by Gasteiger charge is 2.12. The van der Waals surface area contributed by atoms with Gasteiger partial charge in [0.2, 0.25) is 5.91 Å². The molecule has 0 spiro atoms. The first-order valence-electron chi connectivity index (χ1n) is 9.16. The van der Waals surface area contributed by atoms with Crippen LogP contribution >= 0.6 is 11.6 Å². The Morgan fingerprint density at radius 2 is 2.00 bits per heavy atom. The predicted octanol–water partition coefficient (Wildman–Crippen LogP) is 4.63. The van der Waals surface area contributed by atoms with Crippen LogP contribution in [0.1, 0.15) is 42.4 Å². The third-order valence-electron chi connectivity index (χ3n) is 4.53. The number of amides is 1. The molecule has 3 aromatic rings. The molecule has 0 aliphatic rings. The Bertz CT molecular complexity index is 1020. The molecule has 7 heteroatoms. The van der Waals surface area contributed by atoms with E-state index in [-0.39, 0.29) is 11.9 Å². The maximum Gasteiger partial charge on any atom is 0.249 e. The van der Waals surface area contributed by atoms with Gasteiger partial charge in [-0.25, -0.2) is 4.68 Å². The Morgan fingerprint density at radius 3 is 2.71 bits per heavy atom. The number of nitrogens with zero attached hydrogens (tertiary/aromatic N) is 4. The summed E-state index contributed by atoms with van der Waals surface area (Å²) in [6.45, 7) is 8.53. The van der Waals surface area contributed by atoms with E-state index in [0.717, 1.165) is 22.5 Å². The van der Waals surface area contributed by atoms with Gasteiger partial charge in [0.25, 0.3) is 0 Å². The maximum absolute atomic E-state index is 12.3. The van der Waals surface area contributed by atoms with Crippen LogP contribution in [0.5, 0.6) is 0 Å². The van der Waals surface area contributed by atoms with Crippen LogP contribution in [0.4, 0.5) is 5.82 Å². The zero-order valence-corrected chi connectivity index (χ0v) is 17.2. The fraction of sp³-hybridized carbons (Fsp3) is 0.286. The largest absolute Gasteiger partial charge is 0.307 e. The number of benzene rings is 1. The van der Waals surface area contributed by atoms with E-state index in [2.05, 4.69) is 15.5 Å². The first-order valence-corrected chi connectivity index (χ1v) is 9.54. The molecule has 28 heavy (non-hydrogen) atoms. The Morgan fingerprint density at radius 1 is 1.25 bits per heavy atom. The summed E-state index contributed by atoms with van der Waals surface area (Å²) in [5.74, 6) is 0.465. The molecule has 0 saturated heterocycles. The normalized spacial score (nSPS) is 11.5. The standard InChI is InChI=1S/C21H24ClN5O/c1-14(2)27-20(11-12-23-27)24-21(28)10-9-18-15(3)25-26(16(18)4)13-17-7-5-6-8-19(17)22/h5-12,14H,13H2,1-4H3,(H,24,28). The van der Waals surface area contributed by atoms with E-state index >= 15 is 0 Å². The van der Waals surface area contributed by atoms with Gasteiger partial charge in [0.1, 0.15) is 5.82 Å². The van der Waals surface area contributed by atoms with Crippen LogP contribution in [0.2, 0.25) is 5.02 Å². The molecule has 2 heterocycles. The molecule has 1 aromatic carbocycles. The lowest BCUT2D eigenvalue weighted by Gasteiger charge is -2.10. The number of aromatic nitrogens is 4. The molecule has 0 saturated carbocycles. The fourth-order valence-electron chi connectivity index (χ4n) is 3.05. The van der Waals surface area contributed by atoms with E-state index in [4.69, 9.17) is 11.6 Å². The average Bonchev–Trinajstić information content (AvgIpc) is 3.20. The van der Waals surface area contributed by atoms with E-state index in [9.17, 15) is 4.79 Å². The van der Waals surface area contributed by atoms with Gasteiger partial charge >= 0.3 is 0 Å². The highest BCUT2D eigenvalue weighted by atomic mass is 35.5. The number of hydrogen-bond donors (Lipinski definition) is 1. The maximum atomic E-state index is 12.3. The van der Waals surface area contributed by atoms with Crippen LogP contribution < -0.4 is 5.32 Å². The van der Waals surface area contributed by atoms with Crippen molar-refractivity contribution in [1.82, 2.24) is 19.6 Å². The SMILES string of the molecule is Cc1nn(Cc2ccccc2Cl)c(C)c1C=CC(=O)Nc1ccnn1C(C)C. The molecule has 1 amide bonds.